The second-order valence-electron chi connectivity index (χ2n) is 12.4. The van der Waals surface area contributed by atoms with Crippen LogP contribution >= 0.6 is 12.4 Å². The van der Waals surface area contributed by atoms with Crippen molar-refractivity contribution >= 4 is 34.1 Å². The summed E-state index contributed by atoms with van der Waals surface area (Å²) in [5.41, 5.74) is 1.58. The molecular weight excluding hydrogens is 596 g/mol. The molecule has 1 aliphatic carbocycles. The van der Waals surface area contributed by atoms with Crippen molar-refractivity contribution in [1.82, 2.24) is 15.1 Å². The minimum atomic E-state index is -3.26. The van der Waals surface area contributed by atoms with Crippen molar-refractivity contribution in [2.24, 2.45) is 11.3 Å². The Kier molecular flexibility index (Phi) is 10.6. The van der Waals surface area contributed by atoms with Gasteiger partial charge in [-0.25, -0.2) is 17.2 Å². The van der Waals surface area contributed by atoms with Crippen molar-refractivity contribution in [1.29, 1.82) is 0 Å². The van der Waals surface area contributed by atoms with Gasteiger partial charge in [-0.3, -0.25) is 9.59 Å². The Labute approximate surface area is 259 Å². The average molecular weight is 638 g/mol. The number of piperidine rings is 1. The molecule has 1 N–H and O–H groups in total. The highest BCUT2D eigenvalue weighted by Crippen LogP contribution is 2.42. The number of nitrogens with one attached hydrogen (secondary N) is 1. The molecule has 0 bridgehead atoms. The van der Waals surface area contributed by atoms with E-state index in [0.717, 1.165) is 50.0 Å². The predicted molar refractivity (Wildman–Crippen MR) is 164 cm³/mol. The Morgan fingerprint density at radius 2 is 1.56 bits per heavy atom. The fraction of sp³-hybridized carbons (Fsp3) is 0.562. The van der Waals surface area contributed by atoms with Gasteiger partial charge in [0.2, 0.25) is 17.7 Å². The van der Waals surface area contributed by atoms with E-state index in [2.05, 4.69) is 10.2 Å². The number of rotatable bonds is 9. The summed E-state index contributed by atoms with van der Waals surface area (Å²) in [6.07, 6.45) is 4.24. The first-order valence-corrected chi connectivity index (χ1v) is 16.9. The Morgan fingerprint density at radius 1 is 0.953 bits per heavy atom. The molecule has 2 amide bonds. The molecule has 7 nitrogen and oxygen atoms in total. The molecule has 236 valence electrons. The first kappa shape index (κ1) is 33.3. The fourth-order valence-electron chi connectivity index (χ4n) is 6.69. The second kappa shape index (κ2) is 13.6. The maximum Gasteiger partial charge on any atom is 0.248 e. The second-order valence-corrected chi connectivity index (χ2v) is 14.4. The first-order chi connectivity index (χ1) is 19.9. The van der Waals surface area contributed by atoms with E-state index >= 15 is 0 Å². The van der Waals surface area contributed by atoms with Gasteiger partial charge in [0, 0.05) is 44.6 Å². The molecule has 2 heterocycles. The molecule has 2 saturated heterocycles. The fourth-order valence-corrected chi connectivity index (χ4v) is 7.32. The van der Waals surface area contributed by atoms with Crippen LogP contribution in [0.3, 0.4) is 0 Å². The Balaban J connectivity index is 0.00000423. The summed E-state index contributed by atoms with van der Waals surface area (Å²) in [4.78, 5) is 31.1. The van der Waals surface area contributed by atoms with E-state index in [4.69, 9.17) is 0 Å². The largest absolute Gasteiger partial charge is 0.349 e. The lowest BCUT2D eigenvalue weighted by molar-refractivity contribution is -0.139. The summed E-state index contributed by atoms with van der Waals surface area (Å²) < 4.78 is 50.7. The van der Waals surface area contributed by atoms with Crippen LogP contribution in [-0.2, 0) is 26.0 Å². The van der Waals surface area contributed by atoms with Gasteiger partial charge in [-0.15, -0.1) is 12.4 Å². The van der Waals surface area contributed by atoms with Crippen LogP contribution in [0.4, 0.5) is 8.78 Å². The van der Waals surface area contributed by atoms with Crippen LogP contribution in [0, 0.1) is 11.3 Å². The van der Waals surface area contributed by atoms with Gasteiger partial charge in [0.25, 0.3) is 0 Å². The number of carbonyl (C=O) groups excluding carboxylic acids is 2. The van der Waals surface area contributed by atoms with Crippen LogP contribution in [0.5, 0.6) is 0 Å². The molecule has 0 aromatic heterocycles. The van der Waals surface area contributed by atoms with Crippen molar-refractivity contribution in [3.05, 3.63) is 65.7 Å². The van der Waals surface area contributed by atoms with Gasteiger partial charge in [-0.2, -0.15) is 0 Å². The number of hydrogen-bond acceptors (Lipinski definition) is 5. The molecule has 2 aliphatic heterocycles. The van der Waals surface area contributed by atoms with Crippen LogP contribution in [0.1, 0.15) is 68.5 Å². The Bertz CT molecular complexity index is 1360. The standard InChI is InChI=1S/C32H41F2N3O4S.ClH/c1-42(40,41)27-9-7-24(8-10-27)23-37-22-18-31(30(37)39)16-20-36(21-17-31)19-13-28(25-5-3-2-4-6-25)35-29(38)26-11-14-32(33,34)15-12-26;/h2-10,26,28H,11-23H2,1H3,(H,35,38);1H/t28-;/m0./s1. The third-order valence-electron chi connectivity index (χ3n) is 9.48. The van der Waals surface area contributed by atoms with E-state index in [1.54, 1.807) is 24.3 Å². The molecule has 3 fully saturated rings. The van der Waals surface area contributed by atoms with Crippen molar-refractivity contribution in [3.63, 3.8) is 0 Å². The molecule has 5 rings (SSSR count). The van der Waals surface area contributed by atoms with Crippen molar-refractivity contribution in [3.8, 4) is 0 Å². The quantitative estimate of drug-likeness (QED) is 0.398. The van der Waals surface area contributed by atoms with E-state index in [0.29, 0.717) is 19.5 Å². The van der Waals surface area contributed by atoms with Crippen molar-refractivity contribution < 1.29 is 26.8 Å². The maximum atomic E-state index is 13.6. The highest BCUT2D eigenvalue weighted by Gasteiger charge is 2.48. The van der Waals surface area contributed by atoms with Gasteiger partial charge < -0.3 is 15.1 Å². The normalized spacial score (nSPS) is 21.4. The van der Waals surface area contributed by atoms with Gasteiger partial charge in [0.05, 0.1) is 16.4 Å². The van der Waals surface area contributed by atoms with E-state index in [1.165, 1.54) is 6.26 Å². The number of halogens is 3. The number of likely N-dealkylation sites (tertiary alicyclic amines) is 2. The smallest absolute Gasteiger partial charge is 0.248 e. The van der Waals surface area contributed by atoms with Crippen LogP contribution in [0.25, 0.3) is 0 Å². The molecular formula is C32H42ClF2N3O4S. The summed E-state index contributed by atoms with van der Waals surface area (Å²) >= 11 is 0. The van der Waals surface area contributed by atoms with Gasteiger partial charge in [0.1, 0.15) is 0 Å². The monoisotopic (exact) mass is 637 g/mol. The SMILES string of the molecule is CS(=O)(=O)c1ccc(CN2CCC3(CCN(CC[C@H](NC(=O)C4CCC(F)(F)CC4)c4ccccc4)CC3)C2=O)cc1.Cl. The third kappa shape index (κ3) is 8.13. The van der Waals surface area contributed by atoms with E-state index in [1.807, 2.05) is 35.2 Å². The van der Waals surface area contributed by atoms with Gasteiger partial charge in [-0.05, 0) is 74.9 Å². The highest BCUT2D eigenvalue weighted by molar-refractivity contribution is 7.90. The zero-order valence-electron chi connectivity index (χ0n) is 24.6. The summed E-state index contributed by atoms with van der Waals surface area (Å²) in [6.45, 7) is 3.54. The third-order valence-corrected chi connectivity index (χ3v) is 10.6. The van der Waals surface area contributed by atoms with Crippen LogP contribution < -0.4 is 5.32 Å². The predicted octanol–water partition coefficient (Wildman–Crippen LogP) is 5.40. The lowest BCUT2D eigenvalue weighted by atomic mass is 9.77. The minimum absolute atomic E-state index is 0. The van der Waals surface area contributed by atoms with Gasteiger partial charge in [-0.1, -0.05) is 42.5 Å². The van der Waals surface area contributed by atoms with Crippen LogP contribution in [-0.4, -0.2) is 68.4 Å². The lowest BCUT2D eigenvalue weighted by Crippen LogP contribution is -2.45. The summed E-state index contributed by atoms with van der Waals surface area (Å²) in [5.74, 6) is -2.99. The Hall–Kier alpha value is -2.56. The number of amides is 2. The number of nitrogens with zero attached hydrogens (tertiary/aromatic N) is 2. The number of carbonyl (C=O) groups is 2. The van der Waals surface area contributed by atoms with Gasteiger partial charge in [0.15, 0.2) is 9.84 Å². The van der Waals surface area contributed by atoms with E-state index in [-0.39, 0.29) is 72.2 Å². The number of hydrogen-bond donors (Lipinski definition) is 1. The van der Waals surface area contributed by atoms with Crippen molar-refractivity contribution in [2.75, 3.05) is 32.4 Å². The molecule has 3 aliphatic rings. The molecule has 0 unspecified atom stereocenters. The van der Waals surface area contributed by atoms with E-state index < -0.39 is 15.8 Å². The molecule has 1 saturated carbocycles. The number of sulfone groups is 1. The van der Waals surface area contributed by atoms with Crippen LogP contribution in [0.15, 0.2) is 59.5 Å². The highest BCUT2D eigenvalue weighted by atomic mass is 35.5. The molecule has 0 radical (unpaired) electrons. The summed E-state index contributed by atoms with van der Waals surface area (Å²) in [5, 5.41) is 3.16. The van der Waals surface area contributed by atoms with E-state index in [9.17, 15) is 26.8 Å². The molecule has 2 aromatic carbocycles. The molecule has 43 heavy (non-hydrogen) atoms. The average Bonchev–Trinajstić information content (AvgIpc) is 3.26. The molecule has 1 atom stereocenters. The van der Waals surface area contributed by atoms with Crippen molar-refractivity contribution in [2.45, 2.75) is 74.8 Å². The maximum absolute atomic E-state index is 13.6. The van der Waals surface area contributed by atoms with Gasteiger partial charge >= 0.3 is 0 Å². The topological polar surface area (TPSA) is 86.8 Å². The zero-order valence-corrected chi connectivity index (χ0v) is 26.3. The zero-order chi connectivity index (χ0) is 30.0. The molecule has 1 spiro atoms. The number of alkyl halides is 2. The first-order valence-electron chi connectivity index (χ1n) is 15.0. The minimum Gasteiger partial charge on any atom is -0.349 e. The Morgan fingerprint density at radius 3 is 2.16 bits per heavy atom. The summed E-state index contributed by atoms with van der Waals surface area (Å²) in [7, 11) is -3.26. The van der Waals surface area contributed by atoms with Crippen LogP contribution in [0.2, 0.25) is 0 Å². The summed E-state index contributed by atoms with van der Waals surface area (Å²) in [6, 6.07) is 16.4. The molecule has 2 aromatic rings. The lowest BCUT2D eigenvalue weighted by Gasteiger charge is -2.38. The number of benzene rings is 2. The molecule has 11 heteroatoms.